The molecule has 0 aliphatic carbocycles. The van der Waals surface area contributed by atoms with Crippen LogP contribution < -0.4 is 10.5 Å². The molecule has 6 heteroatoms. The summed E-state index contributed by atoms with van der Waals surface area (Å²) in [5.41, 5.74) is 7.34. The first-order valence-electron chi connectivity index (χ1n) is 6.14. The molecule has 2 aromatic carbocycles. The number of benzene rings is 2. The number of amidine groups is 1. The van der Waals surface area contributed by atoms with Gasteiger partial charge in [-0.1, -0.05) is 27.2 Å². The van der Waals surface area contributed by atoms with Crippen molar-refractivity contribution in [1.29, 1.82) is 0 Å². The number of oxime groups is 1. The van der Waals surface area contributed by atoms with Gasteiger partial charge in [0.1, 0.15) is 18.2 Å². The molecule has 110 valence electrons. The van der Waals surface area contributed by atoms with Crippen LogP contribution in [0.4, 0.5) is 4.39 Å². The number of halogens is 2. The Hall–Kier alpha value is -2.08. The summed E-state index contributed by atoms with van der Waals surface area (Å²) in [4.78, 5) is 5.19. The maximum absolute atomic E-state index is 13.0. The van der Waals surface area contributed by atoms with Gasteiger partial charge in [-0.05, 0) is 36.4 Å². The number of hydrogen-bond donors (Lipinski definition) is 1. The van der Waals surface area contributed by atoms with Crippen LogP contribution in [0.2, 0.25) is 0 Å². The Morgan fingerprint density at radius 3 is 2.57 bits per heavy atom. The van der Waals surface area contributed by atoms with Crippen molar-refractivity contribution in [1.82, 2.24) is 0 Å². The lowest BCUT2D eigenvalue weighted by Crippen LogP contribution is -2.13. The maximum atomic E-state index is 13.0. The van der Waals surface area contributed by atoms with Gasteiger partial charge in [0.2, 0.25) is 0 Å². The van der Waals surface area contributed by atoms with E-state index in [9.17, 15) is 4.39 Å². The Balaban J connectivity index is 1.99. The second-order valence-electron chi connectivity index (χ2n) is 4.21. The van der Waals surface area contributed by atoms with E-state index in [4.69, 9.17) is 15.3 Å². The van der Waals surface area contributed by atoms with Gasteiger partial charge in [-0.2, -0.15) is 0 Å². The minimum absolute atomic E-state index is 0.192. The van der Waals surface area contributed by atoms with E-state index in [-0.39, 0.29) is 18.3 Å². The highest BCUT2D eigenvalue weighted by Gasteiger charge is 2.03. The molecule has 0 heterocycles. The van der Waals surface area contributed by atoms with Crippen molar-refractivity contribution in [3.05, 3.63) is 63.9 Å². The number of ether oxygens (including phenoxy) is 1. The molecule has 0 unspecified atom stereocenters. The third-order valence-corrected chi connectivity index (χ3v) is 3.52. The normalized spacial score (nSPS) is 11.3. The predicted octanol–water partition coefficient (Wildman–Crippen LogP) is 3.43. The van der Waals surface area contributed by atoms with Gasteiger partial charge in [0.15, 0.2) is 5.84 Å². The van der Waals surface area contributed by atoms with E-state index in [0.29, 0.717) is 4.47 Å². The Labute approximate surface area is 130 Å². The van der Waals surface area contributed by atoms with E-state index < -0.39 is 0 Å². The van der Waals surface area contributed by atoms with Gasteiger partial charge in [0.05, 0.1) is 7.11 Å². The van der Waals surface area contributed by atoms with Gasteiger partial charge in [-0.15, -0.1) is 0 Å². The van der Waals surface area contributed by atoms with Crippen LogP contribution >= 0.6 is 15.9 Å². The highest BCUT2D eigenvalue weighted by atomic mass is 79.9. The van der Waals surface area contributed by atoms with E-state index in [2.05, 4.69) is 21.1 Å². The zero-order chi connectivity index (χ0) is 15.2. The number of nitrogens with zero attached hydrogens (tertiary/aromatic N) is 1. The minimum Gasteiger partial charge on any atom is -0.497 e. The fourth-order valence-corrected chi connectivity index (χ4v) is 2.09. The molecule has 2 aromatic rings. The van der Waals surface area contributed by atoms with Crippen molar-refractivity contribution in [3.8, 4) is 5.75 Å². The lowest BCUT2D eigenvalue weighted by atomic mass is 10.2. The largest absolute Gasteiger partial charge is 0.497 e. The maximum Gasteiger partial charge on any atom is 0.170 e. The van der Waals surface area contributed by atoms with E-state index in [1.807, 2.05) is 0 Å². The fourth-order valence-electron chi connectivity index (χ4n) is 1.62. The van der Waals surface area contributed by atoms with Crippen molar-refractivity contribution in [3.63, 3.8) is 0 Å². The number of methoxy groups -OCH3 is 1. The predicted molar refractivity (Wildman–Crippen MR) is 82.6 cm³/mol. The van der Waals surface area contributed by atoms with Crippen LogP contribution in [-0.4, -0.2) is 12.9 Å². The third-order valence-electron chi connectivity index (χ3n) is 2.78. The molecule has 0 atom stereocenters. The Morgan fingerprint density at radius 2 is 1.95 bits per heavy atom. The second kappa shape index (κ2) is 7.08. The van der Waals surface area contributed by atoms with Gasteiger partial charge in [0.25, 0.3) is 0 Å². The monoisotopic (exact) mass is 352 g/mol. The van der Waals surface area contributed by atoms with Crippen molar-refractivity contribution in [2.45, 2.75) is 6.61 Å². The second-order valence-corrected chi connectivity index (χ2v) is 5.07. The topological polar surface area (TPSA) is 56.8 Å². The molecule has 21 heavy (non-hydrogen) atoms. The lowest BCUT2D eigenvalue weighted by Gasteiger charge is -2.05. The molecule has 0 amide bonds. The highest BCUT2D eigenvalue weighted by Crippen LogP contribution is 2.19. The molecule has 0 saturated carbocycles. The van der Waals surface area contributed by atoms with Gasteiger partial charge in [0, 0.05) is 15.6 Å². The smallest absolute Gasteiger partial charge is 0.170 e. The molecule has 0 saturated heterocycles. The Morgan fingerprint density at radius 1 is 1.24 bits per heavy atom. The quantitative estimate of drug-likeness (QED) is 0.509. The van der Waals surface area contributed by atoms with Crippen LogP contribution in [0.1, 0.15) is 11.1 Å². The summed E-state index contributed by atoms with van der Waals surface area (Å²) in [6.45, 7) is 0.192. The van der Waals surface area contributed by atoms with Crippen molar-refractivity contribution >= 4 is 21.8 Å². The molecular formula is C15H14BrFN2O2. The molecule has 0 spiro atoms. The van der Waals surface area contributed by atoms with E-state index in [1.165, 1.54) is 12.1 Å². The summed E-state index contributed by atoms with van der Waals surface area (Å²) in [6.07, 6.45) is 0. The fraction of sp³-hybridized carbons (Fsp3) is 0.133. The molecule has 0 aromatic heterocycles. The molecule has 2 rings (SSSR count). The van der Waals surface area contributed by atoms with Crippen LogP contribution in [0.5, 0.6) is 5.75 Å². The standard InChI is InChI=1S/C15H14BrFN2O2/c1-20-13-6-3-10(4-7-13)15(18)19-21-9-11-2-5-12(17)8-14(11)16/h2-8H,9H2,1H3,(H2,18,19). The molecule has 2 N–H and O–H groups in total. The Kier molecular flexibility index (Phi) is 5.16. The summed E-state index contributed by atoms with van der Waals surface area (Å²) in [5, 5.41) is 3.85. The number of hydrogen-bond acceptors (Lipinski definition) is 3. The molecular weight excluding hydrogens is 339 g/mol. The van der Waals surface area contributed by atoms with Crippen LogP contribution in [0.3, 0.4) is 0 Å². The molecule has 0 fully saturated rings. The van der Waals surface area contributed by atoms with Crippen LogP contribution in [0.15, 0.2) is 52.1 Å². The van der Waals surface area contributed by atoms with Crippen molar-refractivity contribution in [2.75, 3.05) is 7.11 Å². The van der Waals surface area contributed by atoms with Gasteiger partial charge < -0.3 is 15.3 Å². The molecule has 0 aliphatic heterocycles. The average Bonchev–Trinajstić information content (AvgIpc) is 2.49. The zero-order valence-corrected chi connectivity index (χ0v) is 12.9. The average molecular weight is 353 g/mol. The summed E-state index contributed by atoms with van der Waals surface area (Å²) in [7, 11) is 1.59. The van der Waals surface area contributed by atoms with Crippen LogP contribution in [-0.2, 0) is 11.4 Å². The summed E-state index contributed by atoms with van der Waals surface area (Å²) < 4.78 is 18.6. The first-order valence-corrected chi connectivity index (χ1v) is 6.93. The van der Waals surface area contributed by atoms with Gasteiger partial charge >= 0.3 is 0 Å². The summed E-state index contributed by atoms with van der Waals surface area (Å²) >= 11 is 3.26. The summed E-state index contributed by atoms with van der Waals surface area (Å²) in [6, 6.07) is 11.5. The van der Waals surface area contributed by atoms with E-state index in [1.54, 1.807) is 37.4 Å². The minimum atomic E-state index is -0.313. The number of rotatable bonds is 5. The molecule has 0 bridgehead atoms. The Bertz CT molecular complexity index is 645. The third kappa shape index (κ3) is 4.19. The van der Waals surface area contributed by atoms with Crippen molar-refractivity contribution < 1.29 is 14.0 Å². The first kappa shape index (κ1) is 15.3. The van der Waals surface area contributed by atoms with E-state index in [0.717, 1.165) is 16.9 Å². The SMILES string of the molecule is COc1ccc(C(N)=NOCc2ccc(F)cc2Br)cc1. The molecule has 0 radical (unpaired) electrons. The van der Waals surface area contributed by atoms with Gasteiger partial charge in [-0.3, -0.25) is 0 Å². The van der Waals surface area contributed by atoms with E-state index >= 15 is 0 Å². The van der Waals surface area contributed by atoms with Crippen molar-refractivity contribution in [2.24, 2.45) is 10.9 Å². The zero-order valence-electron chi connectivity index (χ0n) is 11.3. The first-order chi connectivity index (χ1) is 10.1. The molecule has 4 nitrogen and oxygen atoms in total. The molecule has 0 aliphatic rings. The van der Waals surface area contributed by atoms with Gasteiger partial charge in [-0.25, -0.2) is 4.39 Å². The van der Waals surface area contributed by atoms with Crippen LogP contribution in [0.25, 0.3) is 0 Å². The lowest BCUT2D eigenvalue weighted by molar-refractivity contribution is 0.130. The number of nitrogens with two attached hydrogens (primary N) is 1. The highest BCUT2D eigenvalue weighted by molar-refractivity contribution is 9.10. The summed E-state index contributed by atoms with van der Waals surface area (Å²) in [5.74, 6) is 0.686. The van der Waals surface area contributed by atoms with Crippen LogP contribution in [0, 0.1) is 5.82 Å².